The summed E-state index contributed by atoms with van der Waals surface area (Å²) in [7, 11) is 3.29. The van der Waals surface area contributed by atoms with Gasteiger partial charge < -0.3 is 9.64 Å². The average molecular weight is 392 g/mol. The maximum Gasteiger partial charge on any atom is 0.573 e. The van der Waals surface area contributed by atoms with Crippen molar-refractivity contribution in [3.8, 4) is 5.75 Å². The number of alkyl halides is 3. The fraction of sp³-hybridized carbons (Fsp3) is 0.286. The van der Waals surface area contributed by atoms with Crippen molar-refractivity contribution in [1.29, 1.82) is 0 Å². The molecule has 0 aliphatic heterocycles. The van der Waals surface area contributed by atoms with Crippen molar-refractivity contribution in [2.75, 3.05) is 11.9 Å². The summed E-state index contributed by atoms with van der Waals surface area (Å²) in [6.07, 6.45) is -3.18. The lowest BCUT2D eigenvalue weighted by molar-refractivity contribution is -0.274. The molecule has 0 aliphatic rings. The van der Waals surface area contributed by atoms with Crippen molar-refractivity contribution in [2.45, 2.75) is 12.9 Å². The van der Waals surface area contributed by atoms with Crippen LogP contribution in [0.2, 0.25) is 0 Å². The summed E-state index contributed by atoms with van der Waals surface area (Å²) < 4.78 is 41.7. The van der Waals surface area contributed by atoms with Gasteiger partial charge in [0.15, 0.2) is 0 Å². The first kappa shape index (κ1) is 17.3. The van der Waals surface area contributed by atoms with Crippen LogP contribution >= 0.6 is 15.9 Å². The van der Waals surface area contributed by atoms with Crippen molar-refractivity contribution in [1.82, 2.24) is 9.78 Å². The molecule has 1 aromatic heterocycles. The van der Waals surface area contributed by atoms with Crippen LogP contribution in [0.15, 0.2) is 39.7 Å². The molecule has 1 heterocycles. The number of ether oxygens (including phenoxy) is 1. The molecule has 0 N–H and O–H groups in total. The van der Waals surface area contributed by atoms with Crippen LogP contribution in [-0.4, -0.2) is 23.2 Å². The molecular weight excluding hydrogens is 379 g/mol. The van der Waals surface area contributed by atoms with Gasteiger partial charge in [0.1, 0.15) is 10.2 Å². The highest BCUT2D eigenvalue weighted by molar-refractivity contribution is 9.10. The minimum atomic E-state index is -4.71. The molecule has 0 amide bonds. The molecule has 9 heteroatoms. The Morgan fingerprint density at radius 2 is 1.91 bits per heavy atom. The molecule has 2 rings (SSSR count). The number of anilines is 1. The van der Waals surface area contributed by atoms with E-state index in [1.165, 1.54) is 42.2 Å². The van der Waals surface area contributed by atoms with Gasteiger partial charge in [-0.25, -0.2) is 4.68 Å². The summed E-state index contributed by atoms with van der Waals surface area (Å²) >= 11 is 3.23. The highest BCUT2D eigenvalue weighted by Crippen LogP contribution is 2.25. The Hall–Kier alpha value is -2.03. The van der Waals surface area contributed by atoms with Crippen molar-refractivity contribution in [3.05, 3.63) is 50.9 Å². The second-order valence-electron chi connectivity index (χ2n) is 4.82. The van der Waals surface area contributed by atoms with E-state index >= 15 is 0 Å². The molecule has 0 unspecified atom stereocenters. The Kier molecular flexibility index (Phi) is 4.98. The van der Waals surface area contributed by atoms with Crippen LogP contribution in [0.25, 0.3) is 0 Å². The van der Waals surface area contributed by atoms with E-state index in [1.807, 2.05) is 0 Å². The highest BCUT2D eigenvalue weighted by Gasteiger charge is 2.30. The molecule has 0 saturated carbocycles. The Bertz CT molecular complexity index is 744. The van der Waals surface area contributed by atoms with E-state index in [0.717, 1.165) is 5.56 Å². The first-order chi connectivity index (χ1) is 10.7. The lowest BCUT2D eigenvalue weighted by atomic mass is 10.2. The van der Waals surface area contributed by atoms with Gasteiger partial charge in [-0.3, -0.25) is 4.79 Å². The monoisotopic (exact) mass is 391 g/mol. The molecule has 2 aromatic rings. The van der Waals surface area contributed by atoms with Crippen molar-refractivity contribution in [2.24, 2.45) is 7.05 Å². The van der Waals surface area contributed by atoms with Crippen LogP contribution in [0.4, 0.5) is 18.9 Å². The normalized spacial score (nSPS) is 11.4. The van der Waals surface area contributed by atoms with Gasteiger partial charge >= 0.3 is 6.36 Å². The van der Waals surface area contributed by atoms with E-state index < -0.39 is 6.36 Å². The predicted octanol–water partition coefficient (Wildman–Crippen LogP) is 3.08. The molecule has 124 valence electrons. The Morgan fingerprint density at radius 1 is 1.30 bits per heavy atom. The van der Waals surface area contributed by atoms with Gasteiger partial charge in [0.25, 0.3) is 5.56 Å². The minimum Gasteiger partial charge on any atom is -0.406 e. The number of halogens is 4. The topological polar surface area (TPSA) is 47.4 Å². The number of benzene rings is 1. The lowest BCUT2D eigenvalue weighted by Gasteiger charge is -2.20. The molecule has 0 saturated heterocycles. The third kappa shape index (κ3) is 4.47. The smallest absolute Gasteiger partial charge is 0.406 e. The molecular formula is C14H13BrF3N3O2. The summed E-state index contributed by atoms with van der Waals surface area (Å²) in [5.74, 6) is -0.277. The summed E-state index contributed by atoms with van der Waals surface area (Å²) in [5, 5.41) is 3.94. The zero-order chi connectivity index (χ0) is 17.2. The first-order valence-electron chi connectivity index (χ1n) is 6.45. The van der Waals surface area contributed by atoms with E-state index in [4.69, 9.17) is 0 Å². The van der Waals surface area contributed by atoms with E-state index in [1.54, 1.807) is 11.9 Å². The van der Waals surface area contributed by atoms with Crippen LogP contribution in [0.3, 0.4) is 0 Å². The first-order valence-corrected chi connectivity index (χ1v) is 7.24. The van der Waals surface area contributed by atoms with E-state index in [-0.39, 0.29) is 11.3 Å². The Balaban J connectivity index is 2.13. The van der Waals surface area contributed by atoms with Crippen LogP contribution in [0.5, 0.6) is 5.75 Å². The van der Waals surface area contributed by atoms with Crippen LogP contribution in [-0.2, 0) is 13.6 Å². The maximum absolute atomic E-state index is 12.1. The molecule has 0 aliphatic carbocycles. The second kappa shape index (κ2) is 6.61. The van der Waals surface area contributed by atoms with Gasteiger partial charge in [0, 0.05) is 20.6 Å². The Labute approximate surface area is 138 Å². The second-order valence-corrected chi connectivity index (χ2v) is 5.61. The lowest BCUT2D eigenvalue weighted by Crippen LogP contribution is -2.25. The van der Waals surface area contributed by atoms with E-state index in [2.05, 4.69) is 25.8 Å². The highest BCUT2D eigenvalue weighted by atomic mass is 79.9. The zero-order valence-corrected chi connectivity index (χ0v) is 13.8. The third-order valence-electron chi connectivity index (χ3n) is 3.05. The SMILES string of the molecule is CN(Cc1ccc(OC(F)(F)F)cc1)c1cnn(C)c(=O)c1Br. The summed E-state index contributed by atoms with van der Waals surface area (Å²) in [4.78, 5) is 13.6. The molecule has 0 radical (unpaired) electrons. The molecule has 0 spiro atoms. The molecule has 0 bridgehead atoms. The average Bonchev–Trinajstić information content (AvgIpc) is 2.45. The summed E-state index contributed by atoms with van der Waals surface area (Å²) in [6.45, 7) is 0.389. The maximum atomic E-state index is 12.1. The molecule has 0 atom stereocenters. The molecule has 23 heavy (non-hydrogen) atoms. The zero-order valence-electron chi connectivity index (χ0n) is 12.3. The van der Waals surface area contributed by atoms with Gasteiger partial charge in [-0.05, 0) is 33.6 Å². The van der Waals surface area contributed by atoms with E-state index in [9.17, 15) is 18.0 Å². The number of aryl methyl sites for hydroxylation is 1. The van der Waals surface area contributed by atoms with E-state index in [0.29, 0.717) is 16.7 Å². The minimum absolute atomic E-state index is 0.275. The van der Waals surface area contributed by atoms with Gasteiger partial charge in [0.05, 0.1) is 11.9 Å². The van der Waals surface area contributed by atoms with Gasteiger partial charge in [-0.2, -0.15) is 5.10 Å². The van der Waals surface area contributed by atoms with Crippen molar-refractivity contribution in [3.63, 3.8) is 0 Å². The molecule has 5 nitrogen and oxygen atoms in total. The number of aromatic nitrogens is 2. The third-order valence-corrected chi connectivity index (χ3v) is 3.79. The number of nitrogens with zero attached hydrogens (tertiary/aromatic N) is 3. The molecule has 0 fully saturated rings. The van der Waals surface area contributed by atoms with Crippen molar-refractivity contribution >= 4 is 21.6 Å². The van der Waals surface area contributed by atoms with Gasteiger partial charge in [-0.1, -0.05) is 12.1 Å². The molecule has 1 aromatic carbocycles. The predicted molar refractivity (Wildman–Crippen MR) is 82.4 cm³/mol. The summed E-state index contributed by atoms with van der Waals surface area (Å²) in [6, 6.07) is 5.54. The largest absolute Gasteiger partial charge is 0.573 e. The Morgan fingerprint density at radius 3 is 2.48 bits per heavy atom. The van der Waals surface area contributed by atoms with Crippen LogP contribution in [0, 0.1) is 0 Å². The van der Waals surface area contributed by atoms with Gasteiger partial charge in [-0.15, -0.1) is 13.2 Å². The summed E-state index contributed by atoms with van der Waals surface area (Å²) in [5.41, 5.74) is 1.07. The number of rotatable bonds is 4. The van der Waals surface area contributed by atoms with Crippen LogP contribution in [0.1, 0.15) is 5.56 Å². The fourth-order valence-electron chi connectivity index (χ4n) is 1.92. The van der Waals surface area contributed by atoms with Crippen LogP contribution < -0.4 is 15.2 Å². The van der Waals surface area contributed by atoms with Gasteiger partial charge in [0.2, 0.25) is 0 Å². The number of hydrogen-bond donors (Lipinski definition) is 0. The quantitative estimate of drug-likeness (QED) is 0.803. The standard InChI is InChI=1S/C14H13BrF3N3O2/c1-20(11-7-19-21(2)13(22)12(11)15)8-9-3-5-10(6-4-9)23-14(16,17)18/h3-7H,8H2,1-2H3. The fourth-order valence-corrected chi connectivity index (χ4v) is 2.59. The number of hydrogen-bond acceptors (Lipinski definition) is 4. The van der Waals surface area contributed by atoms with Crippen molar-refractivity contribution < 1.29 is 17.9 Å².